The molecular weight excluding hydrogens is 328 g/mol. The fraction of sp³-hybridized carbons (Fsp3) is 0.182. The summed E-state index contributed by atoms with van der Waals surface area (Å²) in [5, 5.41) is 11.3. The topological polar surface area (TPSA) is 63.6 Å². The van der Waals surface area contributed by atoms with Gasteiger partial charge in [-0.3, -0.25) is 9.59 Å². The van der Waals surface area contributed by atoms with Gasteiger partial charge in [0, 0.05) is 0 Å². The van der Waals surface area contributed by atoms with Crippen LogP contribution in [-0.4, -0.2) is 17.0 Å². The van der Waals surface area contributed by atoms with Crippen LogP contribution >= 0.6 is 0 Å². The number of carboxylic acids is 1. The lowest BCUT2D eigenvalue weighted by Crippen LogP contribution is -2.23. The SMILES string of the molecule is O=C(O)CC(Cc1ccc2ccccc2c1)C(=O)OCc1ccccc1. The van der Waals surface area contributed by atoms with Gasteiger partial charge in [-0.15, -0.1) is 0 Å². The number of esters is 1. The standard InChI is InChI=1S/C22H20O4/c23-21(24)14-20(22(25)26-15-16-6-2-1-3-7-16)13-17-10-11-18-8-4-5-9-19(18)12-17/h1-12,20H,13-15H2,(H,23,24). The third kappa shape index (κ3) is 4.70. The van der Waals surface area contributed by atoms with Gasteiger partial charge in [-0.2, -0.15) is 0 Å². The van der Waals surface area contributed by atoms with Gasteiger partial charge in [0.15, 0.2) is 0 Å². The highest BCUT2D eigenvalue weighted by atomic mass is 16.5. The largest absolute Gasteiger partial charge is 0.481 e. The van der Waals surface area contributed by atoms with Crippen LogP contribution in [0.1, 0.15) is 17.5 Å². The van der Waals surface area contributed by atoms with Crippen molar-refractivity contribution in [2.24, 2.45) is 5.92 Å². The van der Waals surface area contributed by atoms with Gasteiger partial charge in [0.05, 0.1) is 12.3 Å². The Bertz CT molecular complexity index is 902. The van der Waals surface area contributed by atoms with E-state index in [1.54, 1.807) is 0 Å². The zero-order valence-electron chi connectivity index (χ0n) is 14.3. The molecule has 0 aromatic heterocycles. The number of ether oxygens (including phenoxy) is 1. The summed E-state index contributed by atoms with van der Waals surface area (Å²) in [5.74, 6) is -2.20. The highest BCUT2D eigenvalue weighted by Crippen LogP contribution is 2.20. The third-order valence-electron chi connectivity index (χ3n) is 4.27. The number of carbonyl (C=O) groups excluding carboxylic acids is 1. The van der Waals surface area contributed by atoms with Crippen LogP contribution < -0.4 is 0 Å². The van der Waals surface area contributed by atoms with Crippen molar-refractivity contribution in [3.63, 3.8) is 0 Å². The van der Waals surface area contributed by atoms with Crippen LogP contribution in [0.25, 0.3) is 10.8 Å². The highest BCUT2D eigenvalue weighted by molar-refractivity contribution is 5.83. The average molecular weight is 348 g/mol. The Kier molecular flexibility index (Phi) is 5.64. The summed E-state index contributed by atoms with van der Waals surface area (Å²) in [5.41, 5.74) is 1.80. The number of benzene rings is 3. The average Bonchev–Trinajstić information content (AvgIpc) is 2.66. The molecule has 1 atom stereocenters. The second kappa shape index (κ2) is 8.30. The zero-order valence-corrected chi connectivity index (χ0v) is 14.3. The van der Waals surface area contributed by atoms with Crippen molar-refractivity contribution in [1.82, 2.24) is 0 Å². The Hall–Kier alpha value is -3.14. The highest BCUT2D eigenvalue weighted by Gasteiger charge is 2.24. The van der Waals surface area contributed by atoms with E-state index in [9.17, 15) is 9.59 Å². The van der Waals surface area contributed by atoms with Crippen LogP contribution in [-0.2, 0) is 27.4 Å². The summed E-state index contributed by atoms with van der Waals surface area (Å²) < 4.78 is 5.35. The molecule has 3 rings (SSSR count). The van der Waals surface area contributed by atoms with E-state index in [-0.39, 0.29) is 13.0 Å². The number of carboxylic acid groups (broad SMARTS) is 1. The van der Waals surface area contributed by atoms with Crippen LogP contribution in [0.2, 0.25) is 0 Å². The summed E-state index contributed by atoms with van der Waals surface area (Å²) in [4.78, 5) is 23.6. The maximum Gasteiger partial charge on any atom is 0.310 e. The van der Waals surface area contributed by atoms with Crippen LogP contribution in [0.5, 0.6) is 0 Å². The van der Waals surface area contributed by atoms with Crippen molar-refractivity contribution in [3.05, 3.63) is 83.9 Å². The van der Waals surface area contributed by atoms with Crippen molar-refractivity contribution < 1.29 is 19.4 Å². The Morgan fingerprint density at radius 1 is 0.846 bits per heavy atom. The van der Waals surface area contributed by atoms with Crippen LogP contribution in [0.4, 0.5) is 0 Å². The molecule has 26 heavy (non-hydrogen) atoms. The summed E-state index contributed by atoms with van der Waals surface area (Å²) in [7, 11) is 0. The van der Waals surface area contributed by atoms with E-state index in [1.165, 1.54) is 0 Å². The number of aliphatic carboxylic acids is 1. The predicted octanol–water partition coefficient (Wildman–Crippen LogP) is 4.22. The molecule has 3 aromatic rings. The molecule has 0 saturated heterocycles. The van der Waals surface area contributed by atoms with Gasteiger partial charge < -0.3 is 9.84 Å². The number of hydrogen-bond donors (Lipinski definition) is 1. The summed E-state index contributed by atoms with van der Waals surface area (Å²) in [6.07, 6.45) is 0.0885. The van der Waals surface area contributed by atoms with Crippen LogP contribution in [0.15, 0.2) is 72.8 Å². The van der Waals surface area contributed by atoms with Gasteiger partial charge in [0.25, 0.3) is 0 Å². The zero-order chi connectivity index (χ0) is 18.4. The van der Waals surface area contributed by atoms with Crippen LogP contribution in [0, 0.1) is 5.92 Å². The van der Waals surface area contributed by atoms with E-state index < -0.39 is 17.9 Å². The first-order valence-electron chi connectivity index (χ1n) is 8.52. The minimum absolute atomic E-state index is 0.146. The smallest absolute Gasteiger partial charge is 0.310 e. The molecule has 0 aliphatic carbocycles. The van der Waals surface area contributed by atoms with Crippen molar-refractivity contribution in [3.8, 4) is 0 Å². The predicted molar refractivity (Wildman–Crippen MR) is 99.6 cm³/mol. The Balaban J connectivity index is 1.71. The maximum atomic E-state index is 12.4. The quantitative estimate of drug-likeness (QED) is 0.650. The summed E-state index contributed by atoms with van der Waals surface area (Å²) >= 11 is 0. The second-order valence-electron chi connectivity index (χ2n) is 6.27. The minimum Gasteiger partial charge on any atom is -0.481 e. The molecule has 1 N–H and O–H groups in total. The molecule has 0 aliphatic rings. The van der Waals surface area contributed by atoms with Gasteiger partial charge >= 0.3 is 11.9 Å². The van der Waals surface area contributed by atoms with Gasteiger partial charge in [-0.1, -0.05) is 72.8 Å². The first kappa shape index (κ1) is 17.7. The molecule has 0 spiro atoms. The molecule has 0 heterocycles. The molecule has 0 fully saturated rings. The molecule has 0 radical (unpaired) electrons. The van der Waals surface area contributed by atoms with Gasteiger partial charge in [0.2, 0.25) is 0 Å². The van der Waals surface area contributed by atoms with Gasteiger partial charge in [0.1, 0.15) is 6.61 Å². The van der Waals surface area contributed by atoms with Gasteiger partial charge in [-0.05, 0) is 28.3 Å². The Morgan fingerprint density at radius 2 is 1.54 bits per heavy atom. The molecule has 132 valence electrons. The molecule has 4 nitrogen and oxygen atoms in total. The fourth-order valence-electron chi connectivity index (χ4n) is 2.95. The molecule has 0 saturated carbocycles. The lowest BCUT2D eigenvalue weighted by atomic mass is 9.94. The van der Waals surface area contributed by atoms with Crippen molar-refractivity contribution in [2.75, 3.05) is 0 Å². The maximum absolute atomic E-state index is 12.4. The van der Waals surface area contributed by atoms with E-state index in [1.807, 2.05) is 72.8 Å². The molecule has 0 aliphatic heterocycles. The fourth-order valence-corrected chi connectivity index (χ4v) is 2.95. The molecule has 1 unspecified atom stereocenters. The molecular formula is C22H20O4. The summed E-state index contributed by atoms with van der Waals surface area (Å²) in [6, 6.07) is 23.2. The first-order valence-corrected chi connectivity index (χ1v) is 8.52. The molecule has 0 bridgehead atoms. The molecule has 4 heteroatoms. The Morgan fingerprint density at radius 3 is 2.27 bits per heavy atom. The lowest BCUT2D eigenvalue weighted by Gasteiger charge is -2.15. The van der Waals surface area contributed by atoms with Crippen molar-refractivity contribution >= 4 is 22.7 Å². The summed E-state index contributed by atoms with van der Waals surface area (Å²) in [6.45, 7) is 0.146. The lowest BCUT2D eigenvalue weighted by molar-refractivity contribution is -0.154. The normalized spacial score (nSPS) is 11.8. The number of fused-ring (bicyclic) bond motifs is 1. The number of hydrogen-bond acceptors (Lipinski definition) is 3. The molecule has 0 amide bonds. The minimum atomic E-state index is -1.01. The van der Waals surface area contributed by atoms with E-state index >= 15 is 0 Å². The second-order valence-corrected chi connectivity index (χ2v) is 6.27. The Labute approximate surface area is 152 Å². The monoisotopic (exact) mass is 348 g/mol. The van der Waals surface area contributed by atoms with Crippen molar-refractivity contribution in [2.45, 2.75) is 19.4 Å². The van der Waals surface area contributed by atoms with Gasteiger partial charge in [-0.25, -0.2) is 0 Å². The van der Waals surface area contributed by atoms with E-state index in [2.05, 4.69) is 0 Å². The number of rotatable bonds is 7. The third-order valence-corrected chi connectivity index (χ3v) is 4.27. The van der Waals surface area contributed by atoms with Crippen LogP contribution in [0.3, 0.4) is 0 Å². The van der Waals surface area contributed by atoms with E-state index in [0.29, 0.717) is 6.42 Å². The van der Waals surface area contributed by atoms with E-state index in [0.717, 1.165) is 21.9 Å². The first-order chi connectivity index (χ1) is 12.6. The van der Waals surface area contributed by atoms with Crippen molar-refractivity contribution in [1.29, 1.82) is 0 Å². The molecule has 3 aromatic carbocycles. The van der Waals surface area contributed by atoms with E-state index in [4.69, 9.17) is 9.84 Å². The number of carbonyl (C=O) groups is 2.